The van der Waals surface area contributed by atoms with Crippen molar-refractivity contribution >= 4 is 21.5 Å². The molecule has 0 aliphatic carbocycles. The van der Waals surface area contributed by atoms with Crippen LogP contribution in [0.1, 0.15) is 0 Å². The highest BCUT2D eigenvalue weighted by Crippen LogP contribution is 2.46. The maximum absolute atomic E-state index is 14.8. The molecule has 5 rings (SSSR count). The summed E-state index contributed by atoms with van der Waals surface area (Å²) in [4.78, 5) is 0. The summed E-state index contributed by atoms with van der Waals surface area (Å²) in [6.07, 6.45) is 0. The quantitative estimate of drug-likeness (QED) is 0.142. The van der Waals surface area contributed by atoms with Crippen LogP contribution in [0.5, 0.6) is 0 Å². The van der Waals surface area contributed by atoms with Crippen molar-refractivity contribution in [3.05, 3.63) is 107 Å². The first-order valence-electron chi connectivity index (χ1n) is 9.70. The number of hydrogen-bond donors (Lipinski definition) is 0. The fourth-order valence-corrected chi connectivity index (χ4v) is 4.17. The van der Waals surface area contributed by atoms with E-state index < -0.39 is 51.8 Å². The van der Waals surface area contributed by atoms with Gasteiger partial charge in [-0.2, -0.15) is 0 Å². The van der Waals surface area contributed by atoms with E-state index in [9.17, 15) is 30.7 Å². The van der Waals surface area contributed by atoms with Gasteiger partial charge in [0.2, 0.25) is 0 Å². The van der Waals surface area contributed by atoms with E-state index in [1.807, 2.05) is 0 Å². The molecule has 5 aromatic carbocycles. The van der Waals surface area contributed by atoms with Crippen molar-refractivity contribution in [2.75, 3.05) is 0 Å². The van der Waals surface area contributed by atoms with Gasteiger partial charge in [0.15, 0.2) is 34.9 Å². The summed E-state index contributed by atoms with van der Waals surface area (Å²) in [6, 6.07) is 13.3. The second kappa shape index (κ2) is 7.62. The van der Waals surface area contributed by atoms with Crippen LogP contribution in [0.2, 0.25) is 0 Å². The molecule has 0 saturated carbocycles. The van der Waals surface area contributed by atoms with Gasteiger partial charge in [-0.3, -0.25) is 0 Å². The predicted molar refractivity (Wildman–Crippen MR) is 112 cm³/mol. The van der Waals surface area contributed by atoms with Crippen molar-refractivity contribution in [3.8, 4) is 22.3 Å². The van der Waals surface area contributed by atoms with Gasteiger partial charge in [-0.15, -0.1) is 0 Å². The molecule has 33 heavy (non-hydrogen) atoms. The lowest BCUT2D eigenvalue weighted by Gasteiger charge is -2.19. The monoisotopic (exact) mass is 456 g/mol. The number of halogens is 7. The number of fused-ring (bicyclic) bond motifs is 2. The van der Waals surface area contributed by atoms with Crippen LogP contribution < -0.4 is 0 Å². The number of rotatable bonds is 2. The van der Waals surface area contributed by atoms with E-state index in [1.54, 1.807) is 30.3 Å². The zero-order valence-electron chi connectivity index (χ0n) is 16.5. The van der Waals surface area contributed by atoms with E-state index in [4.69, 9.17) is 0 Å². The molecule has 0 aromatic heterocycles. The molecule has 0 heterocycles. The average molecular weight is 456 g/mol. The molecule has 5 aromatic rings. The van der Waals surface area contributed by atoms with E-state index in [0.29, 0.717) is 17.2 Å². The highest BCUT2D eigenvalue weighted by Gasteiger charge is 2.26. The molecule has 7 heteroatoms. The Hall–Kier alpha value is -3.87. The van der Waals surface area contributed by atoms with E-state index >= 15 is 0 Å². The van der Waals surface area contributed by atoms with Crippen LogP contribution in [-0.2, 0) is 0 Å². The third-order valence-electron chi connectivity index (χ3n) is 5.54. The Balaban J connectivity index is 2.11. The third kappa shape index (κ3) is 3.23. The third-order valence-corrected chi connectivity index (χ3v) is 5.54. The van der Waals surface area contributed by atoms with Crippen LogP contribution in [0, 0.1) is 40.7 Å². The smallest absolute Gasteiger partial charge is 0.169 e. The molecule has 0 N–H and O–H groups in total. The fourth-order valence-electron chi connectivity index (χ4n) is 4.17. The first-order valence-corrected chi connectivity index (χ1v) is 9.70. The van der Waals surface area contributed by atoms with Crippen LogP contribution in [0.3, 0.4) is 0 Å². The lowest BCUT2D eigenvalue weighted by Crippen LogP contribution is -2.01. The molecular weight excluding hydrogens is 445 g/mol. The van der Waals surface area contributed by atoms with Crippen LogP contribution in [0.4, 0.5) is 30.7 Å². The molecule has 0 bridgehead atoms. The standard InChI is InChI=1S/C26H11F7/c27-13-6-7-14-15(8-13)23(24-25(32)20(30)11-21(31)26(24)33)17-10-19(29)18(28)9-16(17)22(14)12-4-2-1-3-5-12/h1-11H. The Morgan fingerprint density at radius 3 is 1.55 bits per heavy atom. The second-order valence-electron chi connectivity index (χ2n) is 7.46. The fraction of sp³-hybridized carbons (Fsp3) is 0. The molecular formula is C26H11F7. The summed E-state index contributed by atoms with van der Waals surface area (Å²) in [5.41, 5.74) is -0.769. The Kier molecular flexibility index (Phi) is 4.85. The van der Waals surface area contributed by atoms with E-state index in [0.717, 1.165) is 18.2 Å². The normalized spacial score (nSPS) is 11.5. The molecule has 0 aliphatic heterocycles. The van der Waals surface area contributed by atoms with Gasteiger partial charge in [0.25, 0.3) is 0 Å². The van der Waals surface area contributed by atoms with Crippen LogP contribution in [0.25, 0.3) is 43.8 Å². The highest BCUT2D eigenvalue weighted by atomic mass is 19.2. The van der Waals surface area contributed by atoms with Crippen LogP contribution in [0.15, 0.2) is 66.7 Å². The topological polar surface area (TPSA) is 0 Å². The summed E-state index contributed by atoms with van der Waals surface area (Å²) in [7, 11) is 0. The van der Waals surface area contributed by atoms with Crippen molar-refractivity contribution in [3.63, 3.8) is 0 Å². The minimum absolute atomic E-state index is 0.0256. The Bertz CT molecular complexity index is 1550. The first-order chi connectivity index (χ1) is 15.8. The molecule has 0 spiro atoms. The summed E-state index contributed by atoms with van der Waals surface area (Å²) in [5.74, 6) is -10.2. The molecule has 0 unspecified atom stereocenters. The van der Waals surface area contributed by atoms with Crippen molar-refractivity contribution < 1.29 is 30.7 Å². The van der Waals surface area contributed by atoms with Crippen LogP contribution in [-0.4, -0.2) is 0 Å². The maximum Gasteiger partial charge on any atom is 0.169 e. The zero-order chi connectivity index (χ0) is 23.4. The van der Waals surface area contributed by atoms with Gasteiger partial charge in [-0.1, -0.05) is 36.4 Å². The van der Waals surface area contributed by atoms with Gasteiger partial charge >= 0.3 is 0 Å². The van der Waals surface area contributed by atoms with Gasteiger partial charge in [0.1, 0.15) is 5.82 Å². The lowest BCUT2D eigenvalue weighted by atomic mass is 9.85. The van der Waals surface area contributed by atoms with Crippen molar-refractivity contribution in [2.45, 2.75) is 0 Å². The SMILES string of the molecule is Fc1ccc2c(-c3ccccc3)c3cc(F)c(F)cc3c(-c3c(F)c(F)cc(F)c3F)c2c1. The zero-order valence-corrected chi connectivity index (χ0v) is 16.5. The van der Waals surface area contributed by atoms with Crippen molar-refractivity contribution in [2.24, 2.45) is 0 Å². The van der Waals surface area contributed by atoms with E-state index in [1.165, 1.54) is 6.07 Å². The van der Waals surface area contributed by atoms with Crippen LogP contribution >= 0.6 is 0 Å². The van der Waals surface area contributed by atoms with Gasteiger partial charge in [-0.25, -0.2) is 30.7 Å². The van der Waals surface area contributed by atoms with Gasteiger partial charge in [-0.05, 0) is 56.9 Å². The average Bonchev–Trinajstić information content (AvgIpc) is 2.79. The first kappa shape index (κ1) is 21.0. The number of benzene rings is 5. The lowest BCUT2D eigenvalue weighted by molar-refractivity contribution is 0.458. The largest absolute Gasteiger partial charge is 0.207 e. The predicted octanol–water partition coefficient (Wildman–Crippen LogP) is 8.30. The number of hydrogen-bond acceptors (Lipinski definition) is 0. The highest BCUT2D eigenvalue weighted by molar-refractivity contribution is 6.21. The summed E-state index contributed by atoms with van der Waals surface area (Å²) in [5, 5.41) is -0.124. The molecule has 0 nitrogen and oxygen atoms in total. The van der Waals surface area contributed by atoms with Crippen molar-refractivity contribution in [1.29, 1.82) is 0 Å². The molecule has 0 amide bonds. The summed E-state index contributed by atoms with van der Waals surface area (Å²) in [6.45, 7) is 0. The Labute approximate surface area is 182 Å². The minimum atomic E-state index is -1.74. The van der Waals surface area contributed by atoms with E-state index in [-0.39, 0.29) is 27.6 Å². The molecule has 0 atom stereocenters. The van der Waals surface area contributed by atoms with Crippen molar-refractivity contribution in [1.82, 2.24) is 0 Å². The Morgan fingerprint density at radius 1 is 0.394 bits per heavy atom. The van der Waals surface area contributed by atoms with Gasteiger partial charge in [0, 0.05) is 11.6 Å². The molecule has 0 aliphatic rings. The van der Waals surface area contributed by atoms with Gasteiger partial charge < -0.3 is 0 Å². The summed E-state index contributed by atoms with van der Waals surface area (Å²) >= 11 is 0. The maximum atomic E-state index is 14.8. The molecule has 164 valence electrons. The van der Waals surface area contributed by atoms with E-state index in [2.05, 4.69) is 0 Å². The minimum Gasteiger partial charge on any atom is -0.207 e. The molecule has 0 saturated heterocycles. The molecule has 0 radical (unpaired) electrons. The second-order valence-corrected chi connectivity index (χ2v) is 7.46. The molecule has 0 fully saturated rings. The van der Waals surface area contributed by atoms with Gasteiger partial charge in [0.05, 0.1) is 5.56 Å². The Morgan fingerprint density at radius 2 is 0.939 bits per heavy atom. The summed E-state index contributed by atoms with van der Waals surface area (Å²) < 4.78 is 101.